The highest BCUT2D eigenvalue weighted by Gasteiger charge is 2.16. The molecule has 58 valence electrons. The number of aromatic hydroxyl groups is 1. The number of rotatable bonds is 0. The Labute approximate surface area is 64.2 Å². The van der Waals surface area contributed by atoms with Gasteiger partial charge in [0.25, 0.3) is 0 Å². The van der Waals surface area contributed by atoms with Gasteiger partial charge in [0, 0.05) is 6.07 Å². The molecule has 3 nitrogen and oxygen atoms in total. The van der Waals surface area contributed by atoms with Crippen molar-refractivity contribution in [2.45, 2.75) is 6.92 Å². The SMILES string of the molecule is Cc1cc(O)cc2c1OCO2. The summed E-state index contributed by atoms with van der Waals surface area (Å²) in [5, 5.41) is 9.14. The van der Waals surface area contributed by atoms with Crippen molar-refractivity contribution in [3.05, 3.63) is 17.7 Å². The predicted molar refractivity (Wildman–Crippen MR) is 39.0 cm³/mol. The molecule has 0 saturated heterocycles. The van der Waals surface area contributed by atoms with Gasteiger partial charge in [0.1, 0.15) is 5.75 Å². The highest BCUT2D eigenvalue weighted by molar-refractivity contribution is 5.51. The Kier molecular flexibility index (Phi) is 1.18. The second kappa shape index (κ2) is 2.05. The van der Waals surface area contributed by atoms with E-state index in [2.05, 4.69) is 0 Å². The van der Waals surface area contributed by atoms with Crippen molar-refractivity contribution in [3.63, 3.8) is 0 Å². The van der Waals surface area contributed by atoms with Crippen molar-refractivity contribution in [3.8, 4) is 17.2 Å². The molecule has 1 heterocycles. The summed E-state index contributed by atoms with van der Waals surface area (Å²) in [4.78, 5) is 0. The van der Waals surface area contributed by atoms with Crippen LogP contribution in [-0.4, -0.2) is 11.9 Å². The maximum Gasteiger partial charge on any atom is 0.231 e. The standard InChI is InChI=1S/C8H8O3/c1-5-2-6(9)3-7-8(5)11-4-10-7/h2-3,9H,4H2,1H3. The molecule has 0 aromatic heterocycles. The smallest absolute Gasteiger partial charge is 0.231 e. The molecule has 1 N–H and O–H groups in total. The van der Waals surface area contributed by atoms with E-state index in [0.717, 1.165) is 11.3 Å². The molecule has 0 saturated carbocycles. The van der Waals surface area contributed by atoms with E-state index in [-0.39, 0.29) is 12.5 Å². The van der Waals surface area contributed by atoms with Crippen LogP contribution in [0.3, 0.4) is 0 Å². The van der Waals surface area contributed by atoms with Crippen molar-refractivity contribution in [2.75, 3.05) is 6.79 Å². The van der Waals surface area contributed by atoms with Crippen molar-refractivity contribution in [1.29, 1.82) is 0 Å². The lowest BCUT2D eigenvalue weighted by Crippen LogP contribution is -1.93. The Morgan fingerprint density at radius 3 is 3.00 bits per heavy atom. The lowest BCUT2D eigenvalue weighted by molar-refractivity contribution is 0.173. The molecule has 1 aromatic carbocycles. The van der Waals surface area contributed by atoms with Crippen LogP contribution in [0, 0.1) is 6.92 Å². The maximum absolute atomic E-state index is 9.14. The monoisotopic (exact) mass is 152 g/mol. The van der Waals surface area contributed by atoms with Gasteiger partial charge >= 0.3 is 0 Å². The second-order valence-corrected chi connectivity index (χ2v) is 2.50. The van der Waals surface area contributed by atoms with E-state index < -0.39 is 0 Å². The molecule has 11 heavy (non-hydrogen) atoms. The van der Waals surface area contributed by atoms with Gasteiger partial charge in [0.05, 0.1) is 0 Å². The number of fused-ring (bicyclic) bond motifs is 1. The molecule has 2 rings (SSSR count). The first-order valence-corrected chi connectivity index (χ1v) is 3.36. The maximum atomic E-state index is 9.14. The van der Waals surface area contributed by atoms with E-state index in [1.54, 1.807) is 12.1 Å². The average molecular weight is 152 g/mol. The van der Waals surface area contributed by atoms with E-state index in [4.69, 9.17) is 14.6 Å². The van der Waals surface area contributed by atoms with E-state index in [1.807, 2.05) is 6.92 Å². The number of phenols is 1. The fourth-order valence-corrected chi connectivity index (χ4v) is 1.17. The Balaban J connectivity index is 2.60. The summed E-state index contributed by atoms with van der Waals surface area (Å²) in [6, 6.07) is 3.20. The molecule has 1 aliphatic heterocycles. The summed E-state index contributed by atoms with van der Waals surface area (Å²) < 4.78 is 10.2. The Morgan fingerprint density at radius 2 is 2.18 bits per heavy atom. The average Bonchev–Trinajstić information content (AvgIpc) is 2.34. The van der Waals surface area contributed by atoms with E-state index in [0.29, 0.717) is 5.75 Å². The van der Waals surface area contributed by atoms with Gasteiger partial charge in [-0.15, -0.1) is 0 Å². The van der Waals surface area contributed by atoms with Gasteiger partial charge in [0.2, 0.25) is 6.79 Å². The topological polar surface area (TPSA) is 38.7 Å². The fraction of sp³-hybridized carbons (Fsp3) is 0.250. The molecular weight excluding hydrogens is 144 g/mol. The summed E-state index contributed by atoms with van der Waals surface area (Å²) in [6.45, 7) is 2.12. The summed E-state index contributed by atoms with van der Waals surface area (Å²) in [5.74, 6) is 1.58. The summed E-state index contributed by atoms with van der Waals surface area (Å²) in [6.07, 6.45) is 0. The first-order valence-electron chi connectivity index (χ1n) is 3.36. The largest absolute Gasteiger partial charge is 0.508 e. The molecule has 0 spiro atoms. The molecule has 0 radical (unpaired) electrons. The van der Waals surface area contributed by atoms with Crippen LogP contribution < -0.4 is 9.47 Å². The quantitative estimate of drug-likeness (QED) is 0.611. The van der Waals surface area contributed by atoms with Crippen LogP contribution in [0.2, 0.25) is 0 Å². The third kappa shape index (κ3) is 0.888. The zero-order valence-electron chi connectivity index (χ0n) is 6.13. The summed E-state index contributed by atoms with van der Waals surface area (Å²) in [5.41, 5.74) is 0.900. The molecule has 3 heteroatoms. The molecule has 1 aromatic rings. The van der Waals surface area contributed by atoms with Crippen LogP contribution >= 0.6 is 0 Å². The normalized spacial score (nSPS) is 13.5. The summed E-state index contributed by atoms with van der Waals surface area (Å²) in [7, 11) is 0. The van der Waals surface area contributed by atoms with Gasteiger partial charge in [-0.3, -0.25) is 0 Å². The first kappa shape index (κ1) is 6.34. The summed E-state index contributed by atoms with van der Waals surface area (Å²) >= 11 is 0. The number of phenolic OH excluding ortho intramolecular Hbond substituents is 1. The molecule has 0 atom stereocenters. The molecule has 0 bridgehead atoms. The third-order valence-corrected chi connectivity index (χ3v) is 1.64. The molecule has 1 aliphatic rings. The molecule has 0 aliphatic carbocycles. The lowest BCUT2D eigenvalue weighted by atomic mass is 10.2. The van der Waals surface area contributed by atoms with Crippen LogP contribution in [0.4, 0.5) is 0 Å². The van der Waals surface area contributed by atoms with E-state index in [1.165, 1.54) is 0 Å². The minimum Gasteiger partial charge on any atom is -0.508 e. The lowest BCUT2D eigenvalue weighted by Gasteiger charge is -2.00. The first-order chi connectivity index (χ1) is 5.27. The zero-order valence-corrected chi connectivity index (χ0v) is 6.13. The Hall–Kier alpha value is -1.38. The molecule has 0 amide bonds. The van der Waals surface area contributed by atoms with Crippen LogP contribution in [0.15, 0.2) is 12.1 Å². The zero-order chi connectivity index (χ0) is 7.84. The third-order valence-electron chi connectivity index (χ3n) is 1.64. The molecule has 0 unspecified atom stereocenters. The van der Waals surface area contributed by atoms with Crippen molar-refractivity contribution >= 4 is 0 Å². The van der Waals surface area contributed by atoms with Crippen LogP contribution in [0.1, 0.15) is 5.56 Å². The van der Waals surface area contributed by atoms with Gasteiger partial charge < -0.3 is 14.6 Å². The Bertz CT molecular complexity index is 294. The van der Waals surface area contributed by atoms with Crippen LogP contribution in [0.5, 0.6) is 17.2 Å². The fourth-order valence-electron chi connectivity index (χ4n) is 1.17. The second-order valence-electron chi connectivity index (χ2n) is 2.50. The predicted octanol–water partition coefficient (Wildman–Crippen LogP) is 1.43. The van der Waals surface area contributed by atoms with Gasteiger partial charge in [-0.05, 0) is 18.6 Å². The molecular formula is C8H8O3. The minimum absolute atomic E-state index is 0.215. The number of aryl methyl sites for hydroxylation is 1. The van der Waals surface area contributed by atoms with Crippen molar-refractivity contribution in [2.24, 2.45) is 0 Å². The highest BCUT2D eigenvalue weighted by Crippen LogP contribution is 2.38. The van der Waals surface area contributed by atoms with Gasteiger partial charge in [-0.25, -0.2) is 0 Å². The molecule has 0 fully saturated rings. The Morgan fingerprint density at radius 1 is 1.36 bits per heavy atom. The number of ether oxygens (including phenoxy) is 2. The van der Waals surface area contributed by atoms with Crippen LogP contribution in [0.25, 0.3) is 0 Å². The van der Waals surface area contributed by atoms with Crippen molar-refractivity contribution in [1.82, 2.24) is 0 Å². The minimum atomic E-state index is 0.215. The van der Waals surface area contributed by atoms with Gasteiger partial charge in [-0.1, -0.05) is 0 Å². The number of benzene rings is 1. The number of hydrogen-bond acceptors (Lipinski definition) is 3. The van der Waals surface area contributed by atoms with E-state index in [9.17, 15) is 0 Å². The van der Waals surface area contributed by atoms with Crippen molar-refractivity contribution < 1.29 is 14.6 Å². The van der Waals surface area contributed by atoms with Gasteiger partial charge in [-0.2, -0.15) is 0 Å². The highest BCUT2D eigenvalue weighted by atomic mass is 16.7. The number of hydrogen-bond donors (Lipinski definition) is 1. The van der Waals surface area contributed by atoms with Crippen LogP contribution in [-0.2, 0) is 0 Å². The van der Waals surface area contributed by atoms with Gasteiger partial charge in [0.15, 0.2) is 11.5 Å². The van der Waals surface area contributed by atoms with E-state index >= 15 is 0 Å².